The molecule has 0 saturated carbocycles. The lowest BCUT2D eigenvalue weighted by molar-refractivity contribution is -0.140. The van der Waals surface area contributed by atoms with Crippen molar-refractivity contribution in [3.05, 3.63) is 124 Å². The molecule has 228 valence electrons. The molecule has 8 rings (SSSR count). The molecule has 1 fully saturated rings. The summed E-state index contributed by atoms with van der Waals surface area (Å²) >= 11 is 14.9. The van der Waals surface area contributed by atoms with Crippen LogP contribution in [0.4, 0.5) is 5.69 Å². The Labute approximate surface area is 272 Å². The molecule has 0 aromatic heterocycles. The highest BCUT2D eigenvalue weighted by Gasteiger charge is 2.72. The summed E-state index contributed by atoms with van der Waals surface area (Å²) in [5, 5.41) is 2.87. The first-order chi connectivity index (χ1) is 21.5. The number of carbonyl (C=O) groups excluding carboxylic acids is 3. The summed E-state index contributed by atoms with van der Waals surface area (Å²) in [6, 6.07) is 28.3. The number of nitrogens with one attached hydrogen (secondary N) is 1. The van der Waals surface area contributed by atoms with E-state index in [0.717, 1.165) is 39.1 Å². The number of carbonyl (C=O) groups is 3. The lowest BCUT2D eigenvalue weighted by atomic mass is 9.54. The van der Waals surface area contributed by atoms with E-state index >= 15 is 0 Å². The van der Waals surface area contributed by atoms with E-state index in [1.54, 1.807) is 24.3 Å². The first-order valence-corrected chi connectivity index (χ1v) is 15.9. The predicted octanol–water partition coefficient (Wildman–Crippen LogP) is 7.83. The van der Waals surface area contributed by atoms with Crippen molar-refractivity contribution in [2.75, 3.05) is 11.9 Å². The maximum absolute atomic E-state index is 14.0. The largest absolute Gasteiger partial charge is 0.457 e. The molecule has 3 aliphatic carbocycles. The molecule has 2 atom stereocenters. The molecule has 2 bridgehead atoms. The zero-order valence-corrected chi connectivity index (χ0v) is 26.7. The van der Waals surface area contributed by atoms with Gasteiger partial charge in [-0.05, 0) is 76.6 Å². The molecule has 3 amide bonds. The highest BCUT2D eigenvalue weighted by molar-refractivity contribution is 6.36. The van der Waals surface area contributed by atoms with Crippen LogP contribution in [0, 0.1) is 18.8 Å². The second kappa shape index (κ2) is 10.7. The number of aryl methyl sites for hydroxylation is 1. The second-order valence-electron chi connectivity index (χ2n) is 12.4. The molecule has 1 N–H and O–H groups in total. The number of ether oxygens (including phenoxy) is 1. The smallest absolute Gasteiger partial charge is 0.235 e. The van der Waals surface area contributed by atoms with Crippen LogP contribution >= 0.6 is 23.2 Å². The summed E-state index contributed by atoms with van der Waals surface area (Å²) in [6.07, 6.45) is -0.0688. The number of benzene rings is 4. The van der Waals surface area contributed by atoms with Crippen LogP contribution in [0.25, 0.3) is 0 Å². The Hall–Kier alpha value is -4.13. The average Bonchev–Trinajstić information content (AvgIpc) is 3.29. The van der Waals surface area contributed by atoms with E-state index in [2.05, 4.69) is 31.3 Å². The second-order valence-corrected chi connectivity index (χ2v) is 13.6. The molecule has 1 saturated heterocycles. The van der Waals surface area contributed by atoms with Crippen molar-refractivity contribution < 1.29 is 19.1 Å². The van der Waals surface area contributed by atoms with Crippen molar-refractivity contribution in [2.45, 2.75) is 42.9 Å². The van der Waals surface area contributed by atoms with Gasteiger partial charge in [0.05, 0.1) is 11.8 Å². The zero-order chi connectivity index (χ0) is 31.7. The molecule has 4 aliphatic rings. The number of anilines is 1. The summed E-state index contributed by atoms with van der Waals surface area (Å²) in [5.41, 5.74) is 5.80. The van der Waals surface area contributed by atoms with Gasteiger partial charge in [-0.1, -0.05) is 74.5 Å². The van der Waals surface area contributed by atoms with Crippen molar-refractivity contribution >= 4 is 46.6 Å². The fourth-order valence-corrected chi connectivity index (χ4v) is 8.42. The number of hydrogen-bond donors (Lipinski definition) is 1. The highest BCUT2D eigenvalue weighted by atomic mass is 35.5. The van der Waals surface area contributed by atoms with E-state index in [0.29, 0.717) is 17.4 Å². The van der Waals surface area contributed by atoms with E-state index in [1.807, 2.05) is 61.5 Å². The Kier molecular flexibility index (Phi) is 7.06. The van der Waals surface area contributed by atoms with Gasteiger partial charge in [0.2, 0.25) is 17.7 Å². The van der Waals surface area contributed by atoms with Gasteiger partial charge < -0.3 is 10.1 Å². The molecular formula is C37H32Cl2N2O4. The monoisotopic (exact) mass is 638 g/mol. The minimum Gasteiger partial charge on any atom is -0.457 e. The van der Waals surface area contributed by atoms with Crippen LogP contribution in [0.3, 0.4) is 0 Å². The Balaban J connectivity index is 1.07. The molecule has 45 heavy (non-hydrogen) atoms. The molecule has 4 aromatic carbocycles. The molecule has 0 spiro atoms. The van der Waals surface area contributed by atoms with Crippen molar-refractivity contribution in [3.63, 3.8) is 0 Å². The van der Waals surface area contributed by atoms with E-state index in [-0.39, 0.29) is 18.9 Å². The fraction of sp³-hybridized carbons (Fsp3) is 0.270. The minimum atomic E-state index is -1.24. The van der Waals surface area contributed by atoms with Crippen LogP contribution in [-0.4, -0.2) is 29.2 Å². The topological polar surface area (TPSA) is 75.7 Å². The fourth-order valence-electron chi connectivity index (χ4n) is 7.32. The molecule has 4 aromatic rings. The number of nitrogens with zero attached hydrogens (tertiary/aromatic N) is 1. The van der Waals surface area contributed by atoms with E-state index < -0.39 is 33.4 Å². The molecule has 1 heterocycles. The zero-order valence-electron chi connectivity index (χ0n) is 25.1. The molecule has 1 aliphatic heterocycles. The number of rotatable bonds is 7. The van der Waals surface area contributed by atoms with Crippen LogP contribution in [-0.2, 0) is 24.1 Å². The summed E-state index contributed by atoms with van der Waals surface area (Å²) in [6.45, 7) is 6.19. The van der Waals surface area contributed by atoms with Crippen molar-refractivity contribution in [1.82, 2.24) is 4.90 Å². The molecule has 0 unspecified atom stereocenters. The van der Waals surface area contributed by atoms with Gasteiger partial charge in [-0.2, -0.15) is 0 Å². The Bertz CT molecular complexity index is 1750. The van der Waals surface area contributed by atoms with Gasteiger partial charge in [0.25, 0.3) is 0 Å². The number of imide groups is 1. The maximum Gasteiger partial charge on any atom is 0.235 e. The Morgan fingerprint density at radius 2 is 1.33 bits per heavy atom. The third kappa shape index (κ3) is 4.41. The molecule has 6 nitrogen and oxygen atoms in total. The van der Waals surface area contributed by atoms with Gasteiger partial charge in [-0.15, -0.1) is 23.2 Å². The summed E-state index contributed by atoms with van der Waals surface area (Å²) in [5.74, 6) is -1.12. The summed E-state index contributed by atoms with van der Waals surface area (Å²) < 4.78 is 6.17. The van der Waals surface area contributed by atoms with Crippen molar-refractivity contribution in [3.8, 4) is 11.5 Å². The first-order valence-electron chi connectivity index (χ1n) is 15.2. The summed E-state index contributed by atoms with van der Waals surface area (Å²) in [7, 11) is 0. The van der Waals surface area contributed by atoms with Crippen LogP contribution < -0.4 is 10.1 Å². The van der Waals surface area contributed by atoms with Gasteiger partial charge in [0.1, 0.15) is 21.2 Å². The van der Waals surface area contributed by atoms with Gasteiger partial charge in [0.15, 0.2) is 0 Å². The Morgan fingerprint density at radius 1 is 0.822 bits per heavy atom. The lowest BCUT2D eigenvalue weighted by Gasteiger charge is -2.54. The molecule has 0 radical (unpaired) electrons. The van der Waals surface area contributed by atoms with Crippen LogP contribution in [0.2, 0.25) is 0 Å². The standard InChI is InChI=1S/C37H32Cl2N2O4/c1-21(2)25-17-12-22(3)20-30(25)45-24-15-13-23(14-16-24)40-31(42)18-19-41-34(43)32-33(35(41)44)37(39)27-9-5-4-8-26(27)36(32,38)28-10-6-7-11-29(28)37/h4-17,20-21,32-33H,18-19H2,1-3H3,(H,40,42)/t32-,33+,36?,37?. The number of hydrogen-bond acceptors (Lipinski definition) is 4. The number of likely N-dealkylation sites (tertiary alicyclic amines) is 1. The van der Waals surface area contributed by atoms with E-state index in [1.165, 1.54) is 4.90 Å². The highest BCUT2D eigenvalue weighted by Crippen LogP contribution is 2.69. The Morgan fingerprint density at radius 3 is 1.82 bits per heavy atom. The van der Waals surface area contributed by atoms with Gasteiger partial charge in [-0.3, -0.25) is 19.3 Å². The van der Waals surface area contributed by atoms with Gasteiger partial charge in [0, 0.05) is 18.7 Å². The van der Waals surface area contributed by atoms with Crippen LogP contribution in [0.5, 0.6) is 11.5 Å². The van der Waals surface area contributed by atoms with Crippen molar-refractivity contribution in [2.24, 2.45) is 11.8 Å². The number of halogens is 2. The van der Waals surface area contributed by atoms with E-state index in [4.69, 9.17) is 27.9 Å². The lowest BCUT2D eigenvalue weighted by Crippen LogP contribution is -2.57. The quantitative estimate of drug-likeness (QED) is 0.165. The third-order valence-corrected chi connectivity index (χ3v) is 10.7. The van der Waals surface area contributed by atoms with E-state index in [9.17, 15) is 14.4 Å². The molecule has 8 heteroatoms. The normalized spacial score (nSPS) is 24.4. The number of alkyl halides is 2. The average molecular weight is 640 g/mol. The predicted molar refractivity (Wildman–Crippen MR) is 175 cm³/mol. The minimum absolute atomic E-state index is 0.0688. The first kappa shape index (κ1) is 29.6. The molecular weight excluding hydrogens is 607 g/mol. The van der Waals surface area contributed by atoms with Crippen LogP contribution in [0.15, 0.2) is 91.0 Å². The third-order valence-electron chi connectivity index (χ3n) is 9.40. The SMILES string of the molecule is Cc1ccc(C(C)C)c(Oc2ccc(NC(=O)CCN3C(=O)[C@@H]4[C@H](C3=O)C3(Cl)c5ccccc5C4(Cl)c4ccccc43)cc2)c1. The van der Waals surface area contributed by atoms with Crippen LogP contribution in [0.1, 0.15) is 59.6 Å². The van der Waals surface area contributed by atoms with Crippen molar-refractivity contribution in [1.29, 1.82) is 0 Å². The summed E-state index contributed by atoms with van der Waals surface area (Å²) in [4.78, 5) is 39.6. The number of amides is 3. The van der Waals surface area contributed by atoms with Gasteiger partial charge >= 0.3 is 0 Å². The maximum atomic E-state index is 14.0. The van der Waals surface area contributed by atoms with Gasteiger partial charge in [-0.25, -0.2) is 0 Å².